The van der Waals surface area contributed by atoms with Gasteiger partial charge in [0.05, 0.1) is 6.61 Å². The molecule has 1 saturated heterocycles. The second-order valence-corrected chi connectivity index (χ2v) is 8.21. The first-order valence-corrected chi connectivity index (χ1v) is 11.1. The Balaban J connectivity index is 1.74. The minimum atomic E-state index is -1.65. The molecule has 0 radical (unpaired) electrons. The number of aliphatic hydroxyl groups excluding tert-OH is 3. The number of hydrogen-bond donors (Lipinski definition) is 3. The molecular formula is C27H28O7. The van der Waals surface area contributed by atoms with E-state index in [-0.39, 0.29) is 6.61 Å². The summed E-state index contributed by atoms with van der Waals surface area (Å²) in [6.07, 6.45) is -7.08. The van der Waals surface area contributed by atoms with E-state index in [9.17, 15) is 20.1 Å². The number of ether oxygens (including phenoxy) is 3. The largest absolute Gasteiger partial charge is 0.457 e. The summed E-state index contributed by atoms with van der Waals surface area (Å²) < 4.78 is 17.1. The minimum Gasteiger partial charge on any atom is -0.457 e. The Labute approximate surface area is 198 Å². The molecule has 0 aliphatic carbocycles. The summed E-state index contributed by atoms with van der Waals surface area (Å²) in [6.45, 7) is 0.999. The van der Waals surface area contributed by atoms with Gasteiger partial charge in [0, 0.05) is 6.92 Å². The van der Waals surface area contributed by atoms with E-state index in [1.807, 2.05) is 91.0 Å². The van der Waals surface area contributed by atoms with E-state index >= 15 is 0 Å². The molecule has 1 aliphatic rings. The quantitative estimate of drug-likeness (QED) is 0.364. The van der Waals surface area contributed by atoms with Crippen molar-refractivity contribution in [3.63, 3.8) is 0 Å². The molecule has 7 heteroatoms. The lowest BCUT2D eigenvalue weighted by molar-refractivity contribution is -0.294. The van der Waals surface area contributed by atoms with Gasteiger partial charge in [-0.05, 0) is 16.7 Å². The monoisotopic (exact) mass is 464 g/mol. The molecule has 34 heavy (non-hydrogen) atoms. The summed E-state index contributed by atoms with van der Waals surface area (Å²) in [4.78, 5) is 11.5. The molecule has 0 unspecified atom stereocenters. The smallest absolute Gasteiger partial charge is 0.303 e. The Morgan fingerprint density at radius 1 is 0.794 bits per heavy atom. The number of rotatable bonds is 7. The Bertz CT molecular complexity index is 961. The Hall–Kier alpha value is -3.07. The zero-order chi connectivity index (χ0) is 24.1. The molecule has 1 aliphatic heterocycles. The fourth-order valence-corrected chi connectivity index (χ4v) is 4.36. The lowest BCUT2D eigenvalue weighted by Crippen LogP contribution is -2.60. The predicted molar refractivity (Wildman–Crippen MR) is 124 cm³/mol. The van der Waals surface area contributed by atoms with Crippen LogP contribution in [0, 0.1) is 0 Å². The SMILES string of the molecule is CC(=O)O[C@@H]1[C@@H](O)[C@@H](O)O[C@H](COC(c2ccccc2)(c2ccccc2)c2ccccc2)[C@H]1O. The van der Waals surface area contributed by atoms with Crippen molar-refractivity contribution in [2.75, 3.05) is 6.61 Å². The first kappa shape index (κ1) is 24.1. The van der Waals surface area contributed by atoms with Crippen LogP contribution in [-0.2, 0) is 24.6 Å². The highest BCUT2D eigenvalue weighted by atomic mass is 16.7. The summed E-state index contributed by atoms with van der Waals surface area (Å²) >= 11 is 0. The second kappa shape index (κ2) is 10.5. The molecule has 0 spiro atoms. The Kier molecular flexibility index (Phi) is 7.41. The Morgan fingerprint density at radius 3 is 1.65 bits per heavy atom. The topological polar surface area (TPSA) is 105 Å². The molecule has 0 saturated carbocycles. The molecule has 3 aromatic carbocycles. The molecule has 0 amide bonds. The lowest BCUT2D eigenvalue weighted by Gasteiger charge is -2.42. The van der Waals surface area contributed by atoms with Crippen LogP contribution in [0.15, 0.2) is 91.0 Å². The Morgan fingerprint density at radius 2 is 1.24 bits per heavy atom. The van der Waals surface area contributed by atoms with E-state index in [0.29, 0.717) is 0 Å². The molecule has 1 fully saturated rings. The van der Waals surface area contributed by atoms with E-state index in [1.165, 1.54) is 0 Å². The van der Waals surface area contributed by atoms with Crippen molar-refractivity contribution < 1.29 is 34.3 Å². The van der Waals surface area contributed by atoms with Gasteiger partial charge in [-0.25, -0.2) is 0 Å². The highest BCUT2D eigenvalue weighted by Crippen LogP contribution is 2.41. The van der Waals surface area contributed by atoms with Gasteiger partial charge in [0.25, 0.3) is 0 Å². The number of benzene rings is 3. The molecule has 0 bridgehead atoms. The molecule has 3 N–H and O–H groups in total. The molecular weight excluding hydrogens is 436 g/mol. The van der Waals surface area contributed by atoms with Crippen molar-refractivity contribution in [3.8, 4) is 0 Å². The summed E-state index contributed by atoms with van der Waals surface area (Å²) in [7, 11) is 0. The third-order valence-corrected chi connectivity index (χ3v) is 5.97. The first-order valence-electron chi connectivity index (χ1n) is 11.1. The third-order valence-electron chi connectivity index (χ3n) is 5.97. The predicted octanol–water partition coefficient (Wildman–Crippen LogP) is 2.37. The minimum absolute atomic E-state index is 0.165. The van der Waals surface area contributed by atoms with Crippen LogP contribution in [0.3, 0.4) is 0 Å². The summed E-state index contributed by atoms with van der Waals surface area (Å²) in [5.41, 5.74) is 1.50. The maximum atomic E-state index is 11.5. The third kappa shape index (κ3) is 4.75. The molecule has 5 atom stereocenters. The first-order chi connectivity index (χ1) is 16.4. The van der Waals surface area contributed by atoms with Gasteiger partial charge in [-0.15, -0.1) is 0 Å². The van der Waals surface area contributed by atoms with Crippen LogP contribution < -0.4 is 0 Å². The zero-order valence-corrected chi connectivity index (χ0v) is 18.7. The van der Waals surface area contributed by atoms with Crippen LogP contribution in [-0.4, -0.2) is 58.6 Å². The maximum absolute atomic E-state index is 11.5. The molecule has 7 nitrogen and oxygen atoms in total. The molecule has 0 aromatic heterocycles. The molecule has 3 aromatic rings. The summed E-state index contributed by atoms with van der Waals surface area (Å²) in [6, 6.07) is 29.0. The number of esters is 1. The van der Waals surface area contributed by atoms with Crippen LogP contribution in [0.4, 0.5) is 0 Å². The van der Waals surface area contributed by atoms with Gasteiger partial charge in [0.1, 0.15) is 23.9 Å². The van der Waals surface area contributed by atoms with Gasteiger partial charge in [-0.2, -0.15) is 0 Å². The van der Waals surface area contributed by atoms with Gasteiger partial charge in [-0.3, -0.25) is 4.79 Å². The lowest BCUT2D eigenvalue weighted by atomic mass is 9.80. The van der Waals surface area contributed by atoms with E-state index < -0.39 is 42.3 Å². The standard InChI is InChI=1S/C27H28O7/c1-18(28)33-25-23(29)22(34-26(31)24(25)30)17-32-27(19-11-5-2-6-12-19,20-13-7-3-8-14-20)21-15-9-4-10-16-21/h2-16,22-26,29-31H,17H2,1H3/t22-,23-,24-,25+,26+/m1/s1. The van der Waals surface area contributed by atoms with Gasteiger partial charge in [0.15, 0.2) is 12.4 Å². The molecule has 1 heterocycles. The summed E-state index contributed by atoms with van der Waals surface area (Å²) in [5.74, 6) is -0.691. The van der Waals surface area contributed by atoms with E-state index in [4.69, 9.17) is 14.2 Å². The normalized spacial score (nSPS) is 25.0. The highest BCUT2D eigenvalue weighted by Gasteiger charge is 2.47. The van der Waals surface area contributed by atoms with Crippen molar-refractivity contribution >= 4 is 5.97 Å². The molecule has 4 rings (SSSR count). The zero-order valence-electron chi connectivity index (χ0n) is 18.7. The van der Waals surface area contributed by atoms with Crippen LogP contribution in [0.2, 0.25) is 0 Å². The van der Waals surface area contributed by atoms with Gasteiger partial charge in [0.2, 0.25) is 0 Å². The molecule has 178 valence electrons. The van der Waals surface area contributed by atoms with Crippen LogP contribution in [0.1, 0.15) is 23.6 Å². The average molecular weight is 465 g/mol. The van der Waals surface area contributed by atoms with Crippen molar-refractivity contribution in [2.24, 2.45) is 0 Å². The van der Waals surface area contributed by atoms with Crippen LogP contribution >= 0.6 is 0 Å². The van der Waals surface area contributed by atoms with Gasteiger partial charge in [-0.1, -0.05) is 91.0 Å². The van der Waals surface area contributed by atoms with E-state index in [1.54, 1.807) is 0 Å². The average Bonchev–Trinajstić information content (AvgIpc) is 2.87. The highest BCUT2D eigenvalue weighted by molar-refractivity contribution is 5.66. The van der Waals surface area contributed by atoms with Crippen molar-refractivity contribution in [2.45, 2.75) is 43.2 Å². The number of hydrogen-bond acceptors (Lipinski definition) is 7. The number of carbonyl (C=O) groups excluding carboxylic acids is 1. The fourth-order valence-electron chi connectivity index (χ4n) is 4.36. The number of aliphatic hydroxyl groups is 3. The van der Waals surface area contributed by atoms with Gasteiger partial charge >= 0.3 is 5.97 Å². The van der Waals surface area contributed by atoms with Crippen LogP contribution in [0.25, 0.3) is 0 Å². The van der Waals surface area contributed by atoms with E-state index in [2.05, 4.69) is 0 Å². The van der Waals surface area contributed by atoms with Crippen LogP contribution in [0.5, 0.6) is 0 Å². The second-order valence-electron chi connectivity index (χ2n) is 8.21. The van der Waals surface area contributed by atoms with Gasteiger partial charge < -0.3 is 29.5 Å². The number of carbonyl (C=O) groups is 1. The fraction of sp³-hybridized carbons (Fsp3) is 0.296. The van der Waals surface area contributed by atoms with E-state index in [0.717, 1.165) is 23.6 Å². The van der Waals surface area contributed by atoms with Crippen molar-refractivity contribution in [1.82, 2.24) is 0 Å². The van der Waals surface area contributed by atoms with Crippen molar-refractivity contribution in [1.29, 1.82) is 0 Å². The maximum Gasteiger partial charge on any atom is 0.303 e. The summed E-state index contributed by atoms with van der Waals surface area (Å²) in [5, 5.41) is 31.2. The van der Waals surface area contributed by atoms with Crippen molar-refractivity contribution in [3.05, 3.63) is 108 Å².